The number of anilines is 1. The van der Waals surface area contributed by atoms with E-state index in [1.165, 1.54) is 0 Å². The van der Waals surface area contributed by atoms with E-state index in [9.17, 15) is 4.79 Å². The van der Waals surface area contributed by atoms with Crippen LogP contribution in [0.25, 0.3) is 10.9 Å². The summed E-state index contributed by atoms with van der Waals surface area (Å²) in [6, 6.07) is 16.6. The minimum absolute atomic E-state index is 0.185. The van der Waals surface area contributed by atoms with Crippen molar-refractivity contribution in [3.05, 3.63) is 65.9 Å². The molecule has 0 bridgehead atoms. The first-order valence-corrected chi connectivity index (χ1v) is 8.12. The van der Waals surface area contributed by atoms with Crippen LogP contribution < -0.4 is 5.32 Å². The van der Waals surface area contributed by atoms with Gasteiger partial charge in [-0.1, -0.05) is 6.07 Å². The molecule has 5 nitrogen and oxygen atoms in total. The van der Waals surface area contributed by atoms with Crippen LogP contribution in [0.2, 0.25) is 0 Å². The van der Waals surface area contributed by atoms with Crippen LogP contribution in [0, 0.1) is 11.3 Å². The smallest absolute Gasteiger partial charge is 0.255 e. The number of hydrogen-bond acceptors (Lipinski definition) is 3. The largest absolute Gasteiger partial charge is 0.346 e. The number of benzene rings is 2. The van der Waals surface area contributed by atoms with Crippen LogP contribution in [-0.2, 0) is 6.54 Å². The second-order valence-corrected chi connectivity index (χ2v) is 6.23. The van der Waals surface area contributed by atoms with Crippen molar-refractivity contribution >= 4 is 22.5 Å². The number of aromatic nitrogens is 1. The maximum absolute atomic E-state index is 12.4. The molecule has 0 saturated carbocycles. The fourth-order valence-electron chi connectivity index (χ4n) is 2.66. The monoisotopic (exact) mass is 332 g/mol. The third-order valence-electron chi connectivity index (χ3n) is 4.10. The average Bonchev–Trinajstić information content (AvgIpc) is 3.02. The van der Waals surface area contributed by atoms with Crippen molar-refractivity contribution in [1.29, 1.82) is 5.26 Å². The highest BCUT2D eigenvalue weighted by Crippen LogP contribution is 2.21. The summed E-state index contributed by atoms with van der Waals surface area (Å²) in [7, 11) is 4.10. The van der Waals surface area contributed by atoms with Crippen LogP contribution in [0.4, 0.5) is 5.69 Å². The zero-order valence-electron chi connectivity index (χ0n) is 14.4. The number of carbonyl (C=O) groups excluding carboxylic acids is 1. The highest BCUT2D eigenvalue weighted by Gasteiger charge is 2.08. The van der Waals surface area contributed by atoms with E-state index in [-0.39, 0.29) is 5.91 Å². The van der Waals surface area contributed by atoms with E-state index in [1.807, 2.05) is 24.3 Å². The molecule has 0 fully saturated rings. The van der Waals surface area contributed by atoms with Crippen molar-refractivity contribution < 1.29 is 4.79 Å². The molecule has 0 atom stereocenters. The van der Waals surface area contributed by atoms with Gasteiger partial charge in [0.15, 0.2) is 0 Å². The molecule has 126 valence electrons. The number of nitrogens with zero attached hydrogens (tertiary/aromatic N) is 3. The van der Waals surface area contributed by atoms with Gasteiger partial charge in [0.1, 0.15) is 0 Å². The summed E-state index contributed by atoms with van der Waals surface area (Å²) in [5.41, 5.74) is 2.92. The molecular weight excluding hydrogens is 312 g/mol. The number of carbonyl (C=O) groups is 1. The van der Waals surface area contributed by atoms with E-state index in [0.29, 0.717) is 11.1 Å². The summed E-state index contributed by atoms with van der Waals surface area (Å²) in [4.78, 5) is 14.5. The summed E-state index contributed by atoms with van der Waals surface area (Å²) < 4.78 is 2.19. The topological polar surface area (TPSA) is 61.1 Å². The molecule has 0 aliphatic carbocycles. The normalized spacial score (nSPS) is 10.8. The number of amides is 1. The van der Waals surface area contributed by atoms with E-state index in [4.69, 9.17) is 5.26 Å². The Balaban J connectivity index is 1.79. The molecule has 0 saturated heterocycles. The fraction of sp³-hybridized carbons (Fsp3) is 0.200. The molecule has 1 N–H and O–H groups in total. The summed E-state index contributed by atoms with van der Waals surface area (Å²) in [6.45, 7) is 1.84. The number of likely N-dealkylation sites (N-methyl/N-ethyl adjacent to an activating group) is 1. The van der Waals surface area contributed by atoms with Crippen molar-refractivity contribution in [3.63, 3.8) is 0 Å². The highest BCUT2D eigenvalue weighted by atomic mass is 16.1. The predicted molar refractivity (Wildman–Crippen MR) is 99.6 cm³/mol. The van der Waals surface area contributed by atoms with Crippen molar-refractivity contribution in [3.8, 4) is 6.07 Å². The molecule has 0 unspecified atom stereocenters. The van der Waals surface area contributed by atoms with Crippen molar-refractivity contribution in [1.82, 2.24) is 9.47 Å². The second kappa shape index (κ2) is 7.20. The molecule has 3 rings (SSSR count). The molecular formula is C20H20N4O. The van der Waals surface area contributed by atoms with Gasteiger partial charge in [-0.2, -0.15) is 5.26 Å². The van der Waals surface area contributed by atoms with Gasteiger partial charge in [0, 0.05) is 30.5 Å². The molecule has 0 radical (unpaired) electrons. The molecule has 1 aromatic heterocycles. The van der Waals surface area contributed by atoms with Crippen LogP contribution in [0.3, 0.4) is 0 Å². The molecule has 3 aromatic rings. The van der Waals surface area contributed by atoms with Crippen LogP contribution in [0.1, 0.15) is 15.9 Å². The van der Waals surface area contributed by atoms with E-state index in [0.717, 1.165) is 29.7 Å². The molecule has 0 spiro atoms. The van der Waals surface area contributed by atoms with Crippen LogP contribution in [0.15, 0.2) is 54.7 Å². The van der Waals surface area contributed by atoms with E-state index < -0.39 is 0 Å². The third kappa shape index (κ3) is 3.87. The molecule has 5 heteroatoms. The van der Waals surface area contributed by atoms with Crippen LogP contribution in [-0.4, -0.2) is 36.0 Å². The van der Waals surface area contributed by atoms with E-state index in [2.05, 4.69) is 41.1 Å². The molecule has 0 aliphatic rings. The van der Waals surface area contributed by atoms with Gasteiger partial charge in [-0.15, -0.1) is 0 Å². The maximum Gasteiger partial charge on any atom is 0.255 e. The zero-order valence-corrected chi connectivity index (χ0v) is 14.4. The Hall–Kier alpha value is -3.10. The summed E-state index contributed by atoms with van der Waals surface area (Å²) in [5, 5.41) is 12.9. The Morgan fingerprint density at radius 2 is 1.92 bits per heavy atom. The van der Waals surface area contributed by atoms with Gasteiger partial charge in [-0.25, -0.2) is 0 Å². The van der Waals surface area contributed by atoms with Gasteiger partial charge in [-0.05, 0) is 61.9 Å². The molecule has 0 aliphatic heterocycles. The quantitative estimate of drug-likeness (QED) is 0.779. The first-order chi connectivity index (χ1) is 12.1. The zero-order chi connectivity index (χ0) is 17.8. The average molecular weight is 332 g/mol. The first-order valence-electron chi connectivity index (χ1n) is 8.12. The highest BCUT2D eigenvalue weighted by molar-refractivity contribution is 6.05. The van der Waals surface area contributed by atoms with Crippen molar-refractivity contribution in [2.75, 3.05) is 26.0 Å². The number of rotatable bonds is 5. The molecule has 25 heavy (non-hydrogen) atoms. The Kier molecular flexibility index (Phi) is 4.82. The van der Waals surface area contributed by atoms with E-state index >= 15 is 0 Å². The fourth-order valence-corrected chi connectivity index (χ4v) is 2.66. The SMILES string of the molecule is CN(C)CCn1ccc2ccc(NC(=O)c3ccc(C#N)cc3)cc21. The number of hydrogen-bond donors (Lipinski definition) is 1. The Labute approximate surface area is 147 Å². The predicted octanol–water partition coefficient (Wildman–Crippen LogP) is 3.33. The van der Waals surface area contributed by atoms with Crippen molar-refractivity contribution in [2.24, 2.45) is 0 Å². The molecule has 1 amide bonds. The lowest BCUT2D eigenvalue weighted by Crippen LogP contribution is -2.18. The van der Waals surface area contributed by atoms with Gasteiger partial charge >= 0.3 is 0 Å². The summed E-state index contributed by atoms with van der Waals surface area (Å²) in [6.07, 6.45) is 2.07. The first kappa shape index (κ1) is 16.7. The summed E-state index contributed by atoms with van der Waals surface area (Å²) >= 11 is 0. The molecule has 1 heterocycles. The Bertz CT molecular complexity index is 932. The van der Waals surface area contributed by atoms with Crippen molar-refractivity contribution in [2.45, 2.75) is 6.54 Å². The Morgan fingerprint density at radius 3 is 2.60 bits per heavy atom. The van der Waals surface area contributed by atoms with Gasteiger partial charge in [0.2, 0.25) is 0 Å². The minimum atomic E-state index is -0.185. The second-order valence-electron chi connectivity index (χ2n) is 6.23. The standard InChI is InChI=1S/C20H20N4O/c1-23(2)11-12-24-10-9-16-7-8-18(13-19(16)24)22-20(25)17-5-3-15(14-21)4-6-17/h3-10,13H,11-12H2,1-2H3,(H,22,25). The van der Waals surface area contributed by atoms with Gasteiger partial charge in [0.05, 0.1) is 17.1 Å². The Morgan fingerprint density at radius 1 is 1.16 bits per heavy atom. The third-order valence-corrected chi connectivity index (χ3v) is 4.10. The lowest BCUT2D eigenvalue weighted by atomic mass is 10.1. The van der Waals surface area contributed by atoms with Gasteiger partial charge in [-0.3, -0.25) is 4.79 Å². The van der Waals surface area contributed by atoms with Crippen LogP contribution >= 0.6 is 0 Å². The van der Waals surface area contributed by atoms with Gasteiger partial charge in [0.25, 0.3) is 5.91 Å². The lowest BCUT2D eigenvalue weighted by molar-refractivity contribution is 0.102. The number of nitriles is 1. The minimum Gasteiger partial charge on any atom is -0.346 e. The summed E-state index contributed by atoms with van der Waals surface area (Å²) in [5.74, 6) is -0.185. The molecule has 2 aromatic carbocycles. The lowest BCUT2D eigenvalue weighted by Gasteiger charge is -2.12. The van der Waals surface area contributed by atoms with E-state index in [1.54, 1.807) is 24.3 Å². The number of fused-ring (bicyclic) bond motifs is 1. The van der Waals surface area contributed by atoms with Gasteiger partial charge < -0.3 is 14.8 Å². The number of nitrogens with one attached hydrogen (secondary N) is 1. The maximum atomic E-state index is 12.4. The van der Waals surface area contributed by atoms with Crippen LogP contribution in [0.5, 0.6) is 0 Å².